The van der Waals surface area contributed by atoms with E-state index in [0.29, 0.717) is 16.5 Å². The molecule has 100 valence electrons. The number of rotatable bonds is 2. The summed E-state index contributed by atoms with van der Waals surface area (Å²) in [5.41, 5.74) is 0.911. The van der Waals surface area contributed by atoms with E-state index in [1.165, 1.54) is 6.08 Å². The van der Waals surface area contributed by atoms with Crippen molar-refractivity contribution in [3.05, 3.63) is 52.9 Å². The Balaban J connectivity index is 1.92. The summed E-state index contributed by atoms with van der Waals surface area (Å²) in [6.45, 7) is 0. The Bertz CT molecular complexity index is 734. The van der Waals surface area contributed by atoms with Crippen molar-refractivity contribution in [1.82, 2.24) is 10.6 Å². The van der Waals surface area contributed by atoms with Crippen LogP contribution in [0.4, 0.5) is 4.79 Å². The average molecular weight is 289 g/mol. The van der Waals surface area contributed by atoms with E-state index < -0.39 is 11.9 Å². The molecule has 2 aromatic rings. The highest BCUT2D eigenvalue weighted by Gasteiger charge is 2.23. The van der Waals surface area contributed by atoms with Crippen molar-refractivity contribution in [3.63, 3.8) is 0 Å². The Labute approximate surface area is 119 Å². The van der Waals surface area contributed by atoms with Gasteiger partial charge in [-0.2, -0.15) is 0 Å². The Morgan fingerprint density at radius 3 is 2.55 bits per heavy atom. The summed E-state index contributed by atoms with van der Waals surface area (Å²) in [7, 11) is 0. The van der Waals surface area contributed by atoms with Crippen molar-refractivity contribution in [2.24, 2.45) is 0 Å². The Morgan fingerprint density at radius 2 is 1.85 bits per heavy atom. The van der Waals surface area contributed by atoms with Crippen LogP contribution < -0.4 is 10.6 Å². The van der Waals surface area contributed by atoms with Crippen LogP contribution in [0.15, 0.2) is 46.5 Å². The van der Waals surface area contributed by atoms with E-state index in [-0.39, 0.29) is 5.70 Å². The number of hydrogen-bond donors (Lipinski definition) is 2. The first-order chi connectivity index (χ1) is 9.63. The van der Waals surface area contributed by atoms with Gasteiger partial charge in [-0.05, 0) is 24.3 Å². The van der Waals surface area contributed by atoms with Gasteiger partial charge in [-0.15, -0.1) is 0 Å². The zero-order chi connectivity index (χ0) is 14.1. The number of carbonyl (C=O) groups is 2. The van der Waals surface area contributed by atoms with Crippen LogP contribution in [0, 0.1) is 0 Å². The first kappa shape index (κ1) is 12.5. The van der Waals surface area contributed by atoms with Gasteiger partial charge in [0, 0.05) is 11.6 Å². The van der Waals surface area contributed by atoms with Crippen molar-refractivity contribution < 1.29 is 14.0 Å². The second kappa shape index (κ2) is 4.86. The molecule has 0 saturated carbocycles. The summed E-state index contributed by atoms with van der Waals surface area (Å²) in [6.07, 6.45) is 1.46. The van der Waals surface area contributed by atoms with Gasteiger partial charge in [0.2, 0.25) is 0 Å². The molecule has 1 aliphatic rings. The number of amides is 3. The van der Waals surface area contributed by atoms with E-state index in [4.69, 9.17) is 16.0 Å². The van der Waals surface area contributed by atoms with Gasteiger partial charge in [0.15, 0.2) is 0 Å². The maximum atomic E-state index is 11.4. The van der Waals surface area contributed by atoms with E-state index in [2.05, 4.69) is 10.6 Å². The number of carbonyl (C=O) groups excluding carboxylic acids is 2. The highest BCUT2D eigenvalue weighted by molar-refractivity contribution is 6.33. The van der Waals surface area contributed by atoms with E-state index in [9.17, 15) is 9.59 Å². The third kappa shape index (κ3) is 2.31. The van der Waals surface area contributed by atoms with Crippen molar-refractivity contribution in [2.75, 3.05) is 0 Å². The van der Waals surface area contributed by atoms with Gasteiger partial charge >= 0.3 is 6.03 Å². The molecule has 20 heavy (non-hydrogen) atoms. The molecule has 1 aromatic carbocycles. The Hall–Kier alpha value is -2.53. The fraction of sp³-hybridized carbons (Fsp3) is 0. The van der Waals surface area contributed by atoms with Crippen LogP contribution in [0.1, 0.15) is 5.76 Å². The number of nitrogens with one attached hydrogen (secondary N) is 2. The normalized spacial score (nSPS) is 16.4. The maximum Gasteiger partial charge on any atom is 0.326 e. The largest absolute Gasteiger partial charge is 0.457 e. The lowest BCUT2D eigenvalue weighted by Gasteiger charge is -1.99. The van der Waals surface area contributed by atoms with Gasteiger partial charge in [-0.25, -0.2) is 4.79 Å². The zero-order valence-electron chi connectivity index (χ0n) is 10.1. The molecule has 2 heterocycles. The first-order valence-corrected chi connectivity index (χ1v) is 6.20. The van der Waals surface area contributed by atoms with E-state index >= 15 is 0 Å². The summed E-state index contributed by atoms with van der Waals surface area (Å²) in [5.74, 6) is 0.560. The number of benzene rings is 1. The molecule has 1 fully saturated rings. The topological polar surface area (TPSA) is 71.3 Å². The monoisotopic (exact) mass is 288 g/mol. The molecule has 2 N–H and O–H groups in total. The third-order valence-corrected chi connectivity index (χ3v) is 3.10. The van der Waals surface area contributed by atoms with Crippen LogP contribution in [0.25, 0.3) is 17.4 Å². The second-order valence-electron chi connectivity index (χ2n) is 4.15. The van der Waals surface area contributed by atoms with Gasteiger partial charge < -0.3 is 9.73 Å². The zero-order valence-corrected chi connectivity index (χ0v) is 10.9. The number of furan rings is 1. The summed E-state index contributed by atoms with van der Waals surface area (Å²) >= 11 is 6.08. The molecule has 0 bridgehead atoms. The van der Waals surface area contributed by atoms with Crippen molar-refractivity contribution >= 4 is 29.6 Å². The predicted molar refractivity (Wildman–Crippen MR) is 73.8 cm³/mol. The predicted octanol–water partition coefficient (Wildman–Crippen LogP) is 2.78. The second-order valence-corrected chi connectivity index (χ2v) is 4.56. The highest BCUT2D eigenvalue weighted by atomic mass is 35.5. The molecule has 6 heteroatoms. The number of halogens is 1. The van der Waals surface area contributed by atoms with E-state index in [0.717, 1.165) is 5.56 Å². The molecule has 0 radical (unpaired) electrons. The SMILES string of the molecule is O=C1NC(=O)C(=Cc2ccc(-c3ccccc3Cl)o2)N1. The minimum absolute atomic E-state index is 0.148. The van der Waals surface area contributed by atoms with Gasteiger partial charge in [0.1, 0.15) is 17.2 Å². The van der Waals surface area contributed by atoms with Crippen molar-refractivity contribution in [1.29, 1.82) is 0 Å². The standard InChI is InChI=1S/C14H9ClN2O3/c15-10-4-2-1-3-9(10)12-6-5-8(20-12)7-11-13(18)17-14(19)16-11/h1-7H,(H2,16,17,18,19). The quantitative estimate of drug-likeness (QED) is 0.659. The van der Waals surface area contributed by atoms with E-state index in [1.807, 2.05) is 18.2 Å². The maximum absolute atomic E-state index is 11.4. The fourth-order valence-electron chi connectivity index (χ4n) is 1.86. The lowest BCUT2D eigenvalue weighted by molar-refractivity contribution is -0.115. The van der Waals surface area contributed by atoms with Crippen LogP contribution in [0.2, 0.25) is 5.02 Å². The summed E-state index contributed by atoms with van der Waals surface area (Å²) in [4.78, 5) is 22.4. The highest BCUT2D eigenvalue weighted by Crippen LogP contribution is 2.29. The first-order valence-electron chi connectivity index (χ1n) is 5.82. The Morgan fingerprint density at radius 1 is 1.05 bits per heavy atom. The Kier molecular flexibility index (Phi) is 3.04. The molecular formula is C14H9ClN2O3. The van der Waals surface area contributed by atoms with Gasteiger partial charge in [0.05, 0.1) is 5.02 Å². The molecule has 5 nitrogen and oxygen atoms in total. The fourth-order valence-corrected chi connectivity index (χ4v) is 2.09. The van der Waals surface area contributed by atoms with Crippen molar-refractivity contribution in [3.8, 4) is 11.3 Å². The number of imide groups is 1. The minimum atomic E-state index is -0.542. The van der Waals surface area contributed by atoms with Crippen LogP contribution in [-0.2, 0) is 4.79 Å². The smallest absolute Gasteiger partial charge is 0.326 e. The summed E-state index contributed by atoms with van der Waals surface area (Å²) in [5, 5.41) is 5.08. The third-order valence-electron chi connectivity index (χ3n) is 2.77. The van der Waals surface area contributed by atoms with Crippen LogP contribution in [0.3, 0.4) is 0 Å². The number of urea groups is 1. The lowest BCUT2D eigenvalue weighted by Crippen LogP contribution is -2.22. The minimum Gasteiger partial charge on any atom is -0.457 e. The van der Waals surface area contributed by atoms with Gasteiger partial charge in [-0.1, -0.05) is 23.7 Å². The van der Waals surface area contributed by atoms with E-state index in [1.54, 1.807) is 18.2 Å². The van der Waals surface area contributed by atoms with Gasteiger partial charge in [-0.3, -0.25) is 10.1 Å². The summed E-state index contributed by atoms with van der Waals surface area (Å²) in [6, 6.07) is 10.2. The van der Waals surface area contributed by atoms with Crippen LogP contribution in [0.5, 0.6) is 0 Å². The molecule has 1 aliphatic heterocycles. The molecule has 3 rings (SSSR count). The molecule has 0 unspecified atom stereocenters. The average Bonchev–Trinajstić information content (AvgIpc) is 2.98. The molecule has 1 saturated heterocycles. The molecule has 1 aromatic heterocycles. The molecular weight excluding hydrogens is 280 g/mol. The number of hydrogen-bond acceptors (Lipinski definition) is 3. The molecule has 0 atom stereocenters. The lowest BCUT2D eigenvalue weighted by atomic mass is 10.2. The van der Waals surface area contributed by atoms with Crippen molar-refractivity contribution in [2.45, 2.75) is 0 Å². The van der Waals surface area contributed by atoms with Crippen LogP contribution in [-0.4, -0.2) is 11.9 Å². The molecule has 3 amide bonds. The van der Waals surface area contributed by atoms with Crippen LogP contribution >= 0.6 is 11.6 Å². The summed E-state index contributed by atoms with van der Waals surface area (Å²) < 4.78 is 5.60. The van der Waals surface area contributed by atoms with Gasteiger partial charge in [0.25, 0.3) is 5.91 Å². The molecule has 0 aliphatic carbocycles. The molecule has 0 spiro atoms.